The molecule has 1 atom stereocenters. The van der Waals surface area contributed by atoms with E-state index in [9.17, 15) is 23.4 Å². The first-order valence-electron chi connectivity index (χ1n) is 7.78. The Balaban J connectivity index is 1.72. The predicted molar refractivity (Wildman–Crippen MR) is 89.0 cm³/mol. The van der Waals surface area contributed by atoms with Crippen molar-refractivity contribution in [2.24, 2.45) is 0 Å². The molecule has 1 amide bonds. The summed E-state index contributed by atoms with van der Waals surface area (Å²) < 4.78 is 35.5. The van der Waals surface area contributed by atoms with Crippen LogP contribution in [0.15, 0.2) is 24.3 Å². The first-order valence-corrected chi connectivity index (χ1v) is 9.39. The number of phenols is 1. The van der Waals surface area contributed by atoms with Gasteiger partial charge in [0.15, 0.2) is 6.61 Å². The van der Waals surface area contributed by atoms with E-state index in [-0.39, 0.29) is 24.8 Å². The monoisotopic (exact) mass is 374 g/mol. The number of aliphatic hydroxyl groups is 1. The molecule has 0 radical (unpaired) electrons. The molecule has 3 N–H and O–H groups in total. The van der Waals surface area contributed by atoms with Gasteiger partial charge in [-0.1, -0.05) is 0 Å². The second kappa shape index (κ2) is 8.48. The summed E-state index contributed by atoms with van der Waals surface area (Å²) in [5.74, 6) is -0.276. The normalized spacial score (nSPS) is 17.3. The Morgan fingerprint density at radius 1 is 1.16 bits per heavy atom. The number of hydrogen-bond acceptors (Lipinski definition) is 7. The summed E-state index contributed by atoms with van der Waals surface area (Å²) >= 11 is 0. The van der Waals surface area contributed by atoms with Gasteiger partial charge in [0.25, 0.3) is 16.0 Å². The van der Waals surface area contributed by atoms with Gasteiger partial charge in [-0.05, 0) is 24.3 Å². The average Bonchev–Trinajstić information content (AvgIpc) is 2.53. The Bertz CT molecular complexity index is 670. The quantitative estimate of drug-likeness (QED) is 0.528. The molecular weight excluding hydrogens is 352 g/mol. The van der Waals surface area contributed by atoms with Crippen molar-refractivity contribution in [1.29, 1.82) is 0 Å². The molecule has 1 aliphatic rings. The number of amides is 1. The number of nitrogens with zero attached hydrogens (tertiary/aromatic N) is 2. The number of ether oxygens (including phenoxy) is 1. The zero-order valence-corrected chi connectivity index (χ0v) is 14.4. The molecule has 1 unspecified atom stereocenters. The molecule has 0 spiro atoms. The highest BCUT2D eigenvalue weighted by atomic mass is 32.2. The molecular formula is C15H22N2O7S. The second-order valence-electron chi connectivity index (χ2n) is 5.87. The molecule has 25 heavy (non-hydrogen) atoms. The highest BCUT2D eigenvalue weighted by molar-refractivity contribution is 7.85. The van der Waals surface area contributed by atoms with Gasteiger partial charge >= 0.3 is 0 Å². The lowest BCUT2D eigenvalue weighted by atomic mass is 10.2. The van der Waals surface area contributed by atoms with E-state index in [0.29, 0.717) is 31.9 Å². The lowest BCUT2D eigenvalue weighted by Gasteiger charge is -2.35. The van der Waals surface area contributed by atoms with Crippen LogP contribution in [0.5, 0.6) is 11.5 Å². The number of carbonyl (C=O) groups is 1. The number of hydrogen-bond donors (Lipinski definition) is 3. The second-order valence-corrected chi connectivity index (χ2v) is 7.36. The van der Waals surface area contributed by atoms with E-state index in [4.69, 9.17) is 9.29 Å². The van der Waals surface area contributed by atoms with Crippen molar-refractivity contribution in [3.63, 3.8) is 0 Å². The molecule has 1 aromatic rings. The minimum absolute atomic E-state index is 0.115. The van der Waals surface area contributed by atoms with Gasteiger partial charge in [-0.3, -0.25) is 14.2 Å². The smallest absolute Gasteiger partial charge is 0.267 e. The minimum Gasteiger partial charge on any atom is -0.508 e. The molecule has 0 aromatic heterocycles. The highest BCUT2D eigenvalue weighted by Gasteiger charge is 2.24. The molecule has 0 aliphatic carbocycles. The van der Waals surface area contributed by atoms with Gasteiger partial charge in [0, 0.05) is 32.7 Å². The summed E-state index contributed by atoms with van der Waals surface area (Å²) in [6.45, 7) is 1.87. The fourth-order valence-electron chi connectivity index (χ4n) is 2.55. The van der Waals surface area contributed by atoms with Crippen molar-refractivity contribution in [2.75, 3.05) is 45.1 Å². The van der Waals surface area contributed by atoms with Crippen LogP contribution in [0.4, 0.5) is 0 Å². The first kappa shape index (κ1) is 19.4. The largest absolute Gasteiger partial charge is 0.508 e. The zero-order chi connectivity index (χ0) is 18.4. The molecule has 0 saturated carbocycles. The summed E-state index contributed by atoms with van der Waals surface area (Å²) in [6, 6.07) is 6.07. The van der Waals surface area contributed by atoms with Gasteiger partial charge in [0.05, 0.1) is 6.10 Å². The van der Waals surface area contributed by atoms with Crippen LogP contribution in [-0.2, 0) is 14.9 Å². The third-order valence-electron chi connectivity index (χ3n) is 3.80. The Morgan fingerprint density at radius 2 is 1.76 bits per heavy atom. The number of β-amino-alcohol motifs (C(OH)–C–C–N with tert-alkyl or cyclic N) is 1. The average molecular weight is 374 g/mol. The van der Waals surface area contributed by atoms with E-state index < -0.39 is 22.0 Å². The van der Waals surface area contributed by atoms with Gasteiger partial charge in [-0.15, -0.1) is 0 Å². The van der Waals surface area contributed by atoms with Crippen LogP contribution < -0.4 is 4.74 Å². The van der Waals surface area contributed by atoms with E-state index in [1.807, 2.05) is 4.90 Å². The number of piperazine rings is 1. The molecule has 1 aromatic carbocycles. The van der Waals surface area contributed by atoms with E-state index in [0.717, 1.165) is 0 Å². The van der Waals surface area contributed by atoms with E-state index in [1.165, 1.54) is 12.1 Å². The Labute approximate surface area is 146 Å². The minimum atomic E-state index is -4.21. The molecule has 10 heteroatoms. The van der Waals surface area contributed by atoms with Gasteiger partial charge in [-0.2, -0.15) is 8.42 Å². The number of aromatic hydroxyl groups is 1. The summed E-state index contributed by atoms with van der Waals surface area (Å²) in [6.07, 6.45) is -1.17. The van der Waals surface area contributed by atoms with E-state index >= 15 is 0 Å². The maximum atomic E-state index is 12.1. The van der Waals surface area contributed by atoms with Gasteiger partial charge in [0.1, 0.15) is 17.3 Å². The predicted octanol–water partition coefficient (Wildman–Crippen LogP) is -0.836. The molecule has 140 valence electrons. The standard InChI is InChI=1S/C15H22N2O7S/c18-12-1-3-14(4-2-12)24-10-15(20)17-7-5-16(6-8-17)9-13(19)11-25(21,22)23/h1-4,13,18-19H,5-11H2,(H,21,22,23). The molecule has 1 saturated heterocycles. The van der Waals surface area contributed by atoms with Crippen molar-refractivity contribution < 1.29 is 32.7 Å². The van der Waals surface area contributed by atoms with E-state index in [2.05, 4.69) is 0 Å². The molecule has 2 rings (SSSR count). The van der Waals surface area contributed by atoms with Crippen molar-refractivity contribution in [3.05, 3.63) is 24.3 Å². The number of benzene rings is 1. The van der Waals surface area contributed by atoms with Crippen LogP contribution in [0.1, 0.15) is 0 Å². The van der Waals surface area contributed by atoms with E-state index in [1.54, 1.807) is 17.0 Å². The fourth-order valence-corrected chi connectivity index (χ4v) is 3.14. The number of aliphatic hydroxyl groups excluding tert-OH is 1. The number of carbonyl (C=O) groups excluding carboxylic acids is 1. The topological polar surface area (TPSA) is 128 Å². The van der Waals surface area contributed by atoms with Crippen molar-refractivity contribution in [2.45, 2.75) is 6.10 Å². The molecule has 1 fully saturated rings. The summed E-state index contributed by atoms with van der Waals surface area (Å²) in [5, 5.41) is 18.8. The van der Waals surface area contributed by atoms with Crippen LogP contribution in [-0.4, -0.2) is 90.1 Å². The van der Waals surface area contributed by atoms with Crippen molar-refractivity contribution >= 4 is 16.0 Å². The zero-order valence-electron chi connectivity index (χ0n) is 13.6. The van der Waals surface area contributed by atoms with Crippen molar-refractivity contribution in [3.8, 4) is 11.5 Å². The maximum absolute atomic E-state index is 12.1. The van der Waals surface area contributed by atoms with Crippen LogP contribution in [0.2, 0.25) is 0 Å². The fraction of sp³-hybridized carbons (Fsp3) is 0.533. The van der Waals surface area contributed by atoms with Gasteiger partial charge in [0.2, 0.25) is 0 Å². The summed E-state index contributed by atoms with van der Waals surface area (Å²) in [5.41, 5.74) is 0. The van der Waals surface area contributed by atoms with Gasteiger partial charge in [-0.25, -0.2) is 0 Å². The molecule has 1 aliphatic heterocycles. The molecule has 1 heterocycles. The third-order valence-corrected chi connectivity index (χ3v) is 4.60. The van der Waals surface area contributed by atoms with Crippen LogP contribution in [0.3, 0.4) is 0 Å². The summed E-state index contributed by atoms with van der Waals surface area (Å²) in [4.78, 5) is 15.6. The number of phenolic OH excluding ortho intramolecular Hbond substituents is 1. The Morgan fingerprint density at radius 3 is 2.32 bits per heavy atom. The molecule has 9 nitrogen and oxygen atoms in total. The lowest BCUT2D eigenvalue weighted by Crippen LogP contribution is -2.51. The lowest BCUT2D eigenvalue weighted by molar-refractivity contribution is -0.135. The van der Waals surface area contributed by atoms with Crippen LogP contribution in [0, 0.1) is 0 Å². The van der Waals surface area contributed by atoms with Crippen molar-refractivity contribution in [1.82, 2.24) is 9.80 Å². The highest BCUT2D eigenvalue weighted by Crippen LogP contribution is 2.16. The number of rotatable bonds is 7. The maximum Gasteiger partial charge on any atom is 0.267 e. The Hall–Kier alpha value is -1.88. The van der Waals surface area contributed by atoms with Crippen LogP contribution in [0.25, 0.3) is 0 Å². The molecule has 0 bridgehead atoms. The SMILES string of the molecule is O=C(COc1ccc(O)cc1)N1CCN(CC(O)CS(=O)(=O)O)CC1. The Kier molecular flexibility index (Phi) is 6.59. The summed E-state index contributed by atoms with van der Waals surface area (Å²) in [7, 11) is -4.21. The van der Waals surface area contributed by atoms with Crippen LogP contribution >= 0.6 is 0 Å². The third kappa shape index (κ3) is 6.86. The first-order chi connectivity index (χ1) is 11.7. The van der Waals surface area contributed by atoms with Gasteiger partial charge < -0.3 is 19.8 Å².